The third kappa shape index (κ3) is 4.10. The highest BCUT2D eigenvalue weighted by Gasteiger charge is 2.08. The number of benzene rings is 1. The van der Waals surface area contributed by atoms with E-state index in [1.807, 2.05) is 25.1 Å². The largest absolute Gasteiger partial charge is 0.395 e. The molecule has 0 unspecified atom stereocenters. The molecule has 1 heterocycles. The van der Waals surface area contributed by atoms with Gasteiger partial charge >= 0.3 is 0 Å². The predicted octanol–water partition coefficient (Wildman–Crippen LogP) is 2.35. The fourth-order valence-electron chi connectivity index (χ4n) is 1.77. The van der Waals surface area contributed by atoms with Crippen molar-refractivity contribution in [1.29, 1.82) is 0 Å². The number of rotatable bonds is 5. The van der Waals surface area contributed by atoms with E-state index in [-0.39, 0.29) is 12.4 Å². The fourth-order valence-corrected chi connectivity index (χ4v) is 2.73. The van der Waals surface area contributed by atoms with Gasteiger partial charge in [0.05, 0.1) is 18.1 Å². The molecule has 6 heteroatoms. The van der Waals surface area contributed by atoms with Crippen molar-refractivity contribution in [3.8, 4) is 11.4 Å². The van der Waals surface area contributed by atoms with Crippen LogP contribution in [0.5, 0.6) is 0 Å². The van der Waals surface area contributed by atoms with E-state index in [0.29, 0.717) is 22.3 Å². The van der Waals surface area contributed by atoms with Crippen LogP contribution in [0.25, 0.3) is 11.4 Å². The molecule has 1 aromatic heterocycles. The van der Waals surface area contributed by atoms with Gasteiger partial charge in [0.25, 0.3) is 0 Å². The van der Waals surface area contributed by atoms with Crippen molar-refractivity contribution in [3.63, 3.8) is 0 Å². The van der Waals surface area contributed by atoms with Crippen LogP contribution >= 0.6 is 11.6 Å². The van der Waals surface area contributed by atoms with Gasteiger partial charge in [-0.05, 0) is 37.3 Å². The molecule has 0 amide bonds. The SMILES string of the molecule is Cc1cc(C[S@@](=O)CCO)nc(-c2ccc(Cl)cc2)n1. The first-order valence-electron chi connectivity index (χ1n) is 6.15. The monoisotopic (exact) mass is 310 g/mol. The number of aromatic nitrogens is 2. The molecule has 4 nitrogen and oxygen atoms in total. The smallest absolute Gasteiger partial charge is 0.159 e. The lowest BCUT2D eigenvalue weighted by Gasteiger charge is -2.06. The van der Waals surface area contributed by atoms with Gasteiger partial charge in [-0.15, -0.1) is 0 Å². The Kier molecular flexibility index (Phi) is 5.23. The van der Waals surface area contributed by atoms with E-state index in [1.54, 1.807) is 12.1 Å². The molecule has 2 aromatic rings. The molecule has 2 rings (SSSR count). The van der Waals surface area contributed by atoms with Gasteiger partial charge in [0.15, 0.2) is 5.82 Å². The lowest BCUT2D eigenvalue weighted by atomic mass is 10.2. The molecular weight excluding hydrogens is 296 g/mol. The molecule has 0 bridgehead atoms. The van der Waals surface area contributed by atoms with Crippen LogP contribution in [0.1, 0.15) is 11.4 Å². The lowest BCUT2D eigenvalue weighted by molar-refractivity contribution is 0.321. The van der Waals surface area contributed by atoms with Gasteiger partial charge < -0.3 is 5.11 Å². The Bertz CT molecular complexity index is 617. The maximum Gasteiger partial charge on any atom is 0.159 e. The van der Waals surface area contributed by atoms with Crippen LogP contribution in [0.15, 0.2) is 30.3 Å². The Morgan fingerprint density at radius 1 is 1.25 bits per heavy atom. The third-order valence-electron chi connectivity index (χ3n) is 2.64. The summed E-state index contributed by atoms with van der Waals surface area (Å²) in [6.45, 7) is 1.79. The minimum atomic E-state index is -1.11. The summed E-state index contributed by atoms with van der Waals surface area (Å²) >= 11 is 5.86. The highest BCUT2D eigenvalue weighted by Crippen LogP contribution is 2.19. The maximum atomic E-state index is 11.7. The maximum absolute atomic E-state index is 11.7. The van der Waals surface area contributed by atoms with E-state index in [2.05, 4.69) is 9.97 Å². The van der Waals surface area contributed by atoms with E-state index in [4.69, 9.17) is 16.7 Å². The van der Waals surface area contributed by atoms with Crippen molar-refractivity contribution in [2.24, 2.45) is 0 Å². The number of hydrogen-bond donors (Lipinski definition) is 1. The summed E-state index contributed by atoms with van der Waals surface area (Å²) in [5.74, 6) is 1.18. The molecule has 0 saturated carbocycles. The van der Waals surface area contributed by atoms with E-state index in [9.17, 15) is 4.21 Å². The molecule has 1 atom stereocenters. The zero-order chi connectivity index (χ0) is 14.5. The van der Waals surface area contributed by atoms with Gasteiger partial charge in [-0.3, -0.25) is 4.21 Å². The average molecular weight is 311 g/mol. The standard InChI is InChI=1S/C14H15ClN2O2S/c1-10-8-13(9-20(19)7-6-18)17-14(16-10)11-2-4-12(15)5-3-11/h2-5,8,18H,6-7,9H2,1H3/t20-/m0/s1. The van der Waals surface area contributed by atoms with Crippen molar-refractivity contribution >= 4 is 22.4 Å². The molecular formula is C14H15ClN2O2S. The number of aliphatic hydroxyl groups excluding tert-OH is 1. The van der Waals surface area contributed by atoms with Gasteiger partial charge in [0.2, 0.25) is 0 Å². The summed E-state index contributed by atoms with van der Waals surface area (Å²) < 4.78 is 11.7. The molecule has 20 heavy (non-hydrogen) atoms. The quantitative estimate of drug-likeness (QED) is 0.921. The van der Waals surface area contributed by atoms with Crippen LogP contribution in [-0.2, 0) is 16.6 Å². The van der Waals surface area contributed by atoms with Crippen molar-refractivity contribution in [2.75, 3.05) is 12.4 Å². The molecule has 1 aromatic carbocycles. The van der Waals surface area contributed by atoms with E-state index < -0.39 is 10.8 Å². The Hall–Kier alpha value is -1.30. The molecule has 0 aliphatic carbocycles. The first-order valence-corrected chi connectivity index (χ1v) is 8.01. The van der Waals surface area contributed by atoms with Gasteiger partial charge in [-0.25, -0.2) is 9.97 Å². The highest BCUT2D eigenvalue weighted by atomic mass is 35.5. The summed E-state index contributed by atoms with van der Waals surface area (Å²) in [4.78, 5) is 8.81. The number of aliphatic hydroxyl groups is 1. The van der Waals surface area contributed by atoms with Crippen LogP contribution in [0.3, 0.4) is 0 Å². The van der Waals surface area contributed by atoms with Crippen LogP contribution in [-0.4, -0.2) is 31.6 Å². The first-order chi connectivity index (χ1) is 9.58. The summed E-state index contributed by atoms with van der Waals surface area (Å²) in [5, 5.41) is 9.45. The average Bonchev–Trinajstić information content (AvgIpc) is 2.39. The van der Waals surface area contributed by atoms with Crippen molar-refractivity contribution in [3.05, 3.63) is 46.7 Å². The van der Waals surface area contributed by atoms with Gasteiger partial charge in [0, 0.05) is 32.8 Å². The predicted molar refractivity (Wildman–Crippen MR) is 81.0 cm³/mol. The normalized spacial score (nSPS) is 12.3. The van der Waals surface area contributed by atoms with Crippen molar-refractivity contribution < 1.29 is 9.32 Å². The second kappa shape index (κ2) is 6.92. The fraction of sp³-hybridized carbons (Fsp3) is 0.286. The topological polar surface area (TPSA) is 63.1 Å². The van der Waals surface area contributed by atoms with Crippen molar-refractivity contribution in [2.45, 2.75) is 12.7 Å². The Balaban J connectivity index is 2.28. The van der Waals surface area contributed by atoms with Gasteiger partial charge in [-0.1, -0.05) is 11.6 Å². The van der Waals surface area contributed by atoms with Crippen LogP contribution in [0, 0.1) is 6.92 Å². The zero-order valence-corrected chi connectivity index (χ0v) is 12.6. The first kappa shape index (κ1) is 15.1. The molecule has 106 valence electrons. The third-order valence-corrected chi connectivity index (χ3v) is 4.15. The second-order valence-corrected chi connectivity index (χ2v) is 6.36. The van der Waals surface area contributed by atoms with Crippen molar-refractivity contribution in [1.82, 2.24) is 9.97 Å². The van der Waals surface area contributed by atoms with Gasteiger partial charge in [-0.2, -0.15) is 0 Å². The molecule has 0 spiro atoms. The zero-order valence-electron chi connectivity index (χ0n) is 11.0. The number of halogens is 1. The summed E-state index contributed by atoms with van der Waals surface area (Å²) in [7, 11) is -1.11. The highest BCUT2D eigenvalue weighted by molar-refractivity contribution is 7.84. The van der Waals surface area contributed by atoms with E-state index in [0.717, 1.165) is 11.3 Å². The Morgan fingerprint density at radius 3 is 2.60 bits per heavy atom. The van der Waals surface area contributed by atoms with Gasteiger partial charge in [0.1, 0.15) is 0 Å². The Labute approximate surface area is 125 Å². The minimum Gasteiger partial charge on any atom is -0.395 e. The number of nitrogens with zero attached hydrogens (tertiary/aromatic N) is 2. The number of aryl methyl sites for hydroxylation is 1. The Morgan fingerprint density at radius 2 is 1.95 bits per heavy atom. The van der Waals surface area contributed by atoms with Crippen LogP contribution in [0.2, 0.25) is 5.02 Å². The second-order valence-electron chi connectivity index (χ2n) is 4.34. The molecule has 0 saturated heterocycles. The molecule has 0 aliphatic heterocycles. The lowest BCUT2D eigenvalue weighted by Crippen LogP contribution is -2.07. The van der Waals surface area contributed by atoms with Crippen LogP contribution in [0.4, 0.5) is 0 Å². The molecule has 0 aliphatic rings. The number of hydrogen-bond acceptors (Lipinski definition) is 4. The van der Waals surface area contributed by atoms with E-state index >= 15 is 0 Å². The molecule has 1 N–H and O–H groups in total. The molecule has 0 radical (unpaired) electrons. The van der Waals surface area contributed by atoms with Crippen LogP contribution < -0.4 is 0 Å². The molecule has 0 fully saturated rings. The summed E-state index contributed by atoms with van der Waals surface area (Å²) in [6.07, 6.45) is 0. The van der Waals surface area contributed by atoms with E-state index in [1.165, 1.54) is 0 Å². The summed E-state index contributed by atoms with van der Waals surface area (Å²) in [6, 6.07) is 9.09. The summed E-state index contributed by atoms with van der Waals surface area (Å²) in [5.41, 5.74) is 2.41. The minimum absolute atomic E-state index is 0.0826.